The second-order valence-corrected chi connectivity index (χ2v) is 5.12. The maximum Gasteiger partial charge on any atom is 0.332 e. The van der Waals surface area contributed by atoms with E-state index in [4.69, 9.17) is 4.74 Å². The Balaban J connectivity index is 2.34. The number of nitrogens with zero attached hydrogens (tertiary/aromatic N) is 3. The molecule has 1 aliphatic rings. The number of hydrogen-bond acceptors (Lipinski definition) is 4. The van der Waals surface area contributed by atoms with E-state index in [-0.39, 0.29) is 18.2 Å². The molecule has 1 amide bonds. The van der Waals surface area contributed by atoms with E-state index in [0.717, 1.165) is 5.69 Å². The molecule has 1 saturated heterocycles. The average molecular weight is 281 g/mol. The smallest absolute Gasteiger partial charge is 0.332 e. The SMILES string of the molecule is COCC1(C(=O)O)CCCN1C(=O)c1cc(C)n(C)n1. The average Bonchev–Trinajstić information content (AvgIpc) is 2.95. The summed E-state index contributed by atoms with van der Waals surface area (Å²) in [5, 5.41) is 13.7. The van der Waals surface area contributed by atoms with Crippen LogP contribution < -0.4 is 0 Å². The molecular weight excluding hydrogens is 262 g/mol. The van der Waals surface area contributed by atoms with Gasteiger partial charge in [-0.2, -0.15) is 5.10 Å². The number of rotatable bonds is 4. The van der Waals surface area contributed by atoms with Crippen molar-refractivity contribution in [1.82, 2.24) is 14.7 Å². The van der Waals surface area contributed by atoms with Gasteiger partial charge in [-0.1, -0.05) is 0 Å². The molecule has 0 spiro atoms. The van der Waals surface area contributed by atoms with Crippen LogP contribution in [0.5, 0.6) is 0 Å². The third-order valence-corrected chi connectivity index (χ3v) is 3.85. The standard InChI is InChI=1S/C13H19N3O4/c1-9-7-10(14-15(9)2)11(17)16-6-4-5-13(16,8-20-3)12(18)19/h7H,4-6,8H2,1-3H3,(H,18,19). The molecule has 2 rings (SSSR count). The predicted molar refractivity (Wildman–Crippen MR) is 70.5 cm³/mol. The van der Waals surface area contributed by atoms with Crippen LogP contribution in [0.1, 0.15) is 29.0 Å². The lowest BCUT2D eigenvalue weighted by molar-refractivity contribution is -0.151. The van der Waals surface area contributed by atoms with Gasteiger partial charge < -0.3 is 14.7 Å². The summed E-state index contributed by atoms with van der Waals surface area (Å²) in [6.07, 6.45) is 1.04. The van der Waals surface area contributed by atoms with Gasteiger partial charge in [0.2, 0.25) is 0 Å². The molecule has 1 unspecified atom stereocenters. The molecule has 0 radical (unpaired) electrons. The van der Waals surface area contributed by atoms with Gasteiger partial charge in [0.25, 0.3) is 5.91 Å². The molecule has 1 aromatic rings. The fourth-order valence-electron chi connectivity index (χ4n) is 2.65. The van der Waals surface area contributed by atoms with E-state index < -0.39 is 11.5 Å². The first-order valence-corrected chi connectivity index (χ1v) is 6.47. The second kappa shape index (κ2) is 5.24. The van der Waals surface area contributed by atoms with Crippen molar-refractivity contribution in [3.8, 4) is 0 Å². The number of carbonyl (C=O) groups excluding carboxylic acids is 1. The summed E-state index contributed by atoms with van der Waals surface area (Å²) in [5.41, 5.74) is -0.161. The quantitative estimate of drug-likeness (QED) is 0.865. The number of aromatic nitrogens is 2. The Labute approximate surface area is 117 Å². The van der Waals surface area contributed by atoms with Crippen LogP contribution in [0, 0.1) is 6.92 Å². The van der Waals surface area contributed by atoms with Crippen LogP contribution in [0.25, 0.3) is 0 Å². The summed E-state index contributed by atoms with van der Waals surface area (Å²) >= 11 is 0. The van der Waals surface area contributed by atoms with E-state index in [2.05, 4.69) is 5.10 Å². The molecule has 1 fully saturated rings. The highest BCUT2D eigenvalue weighted by molar-refractivity contribution is 5.97. The number of aryl methyl sites for hydroxylation is 2. The summed E-state index contributed by atoms with van der Waals surface area (Å²) in [5.74, 6) is -1.39. The van der Waals surface area contributed by atoms with Crippen molar-refractivity contribution in [2.45, 2.75) is 25.3 Å². The van der Waals surface area contributed by atoms with Gasteiger partial charge >= 0.3 is 5.97 Å². The van der Waals surface area contributed by atoms with Crippen molar-refractivity contribution in [1.29, 1.82) is 0 Å². The zero-order valence-electron chi connectivity index (χ0n) is 11.9. The lowest BCUT2D eigenvalue weighted by Gasteiger charge is -2.33. The molecule has 7 nitrogen and oxygen atoms in total. The van der Waals surface area contributed by atoms with Gasteiger partial charge in [-0.3, -0.25) is 9.48 Å². The highest BCUT2D eigenvalue weighted by Crippen LogP contribution is 2.31. The van der Waals surface area contributed by atoms with Crippen molar-refractivity contribution >= 4 is 11.9 Å². The zero-order valence-corrected chi connectivity index (χ0v) is 11.9. The van der Waals surface area contributed by atoms with Crippen LogP contribution in [0.3, 0.4) is 0 Å². The number of likely N-dealkylation sites (tertiary alicyclic amines) is 1. The summed E-state index contributed by atoms with van der Waals surface area (Å²) in [6, 6.07) is 1.67. The largest absolute Gasteiger partial charge is 0.479 e. The lowest BCUT2D eigenvalue weighted by Crippen LogP contribution is -2.56. The molecule has 1 aliphatic heterocycles. The first-order chi connectivity index (χ1) is 9.42. The maximum absolute atomic E-state index is 12.5. The first kappa shape index (κ1) is 14.5. The second-order valence-electron chi connectivity index (χ2n) is 5.12. The van der Waals surface area contributed by atoms with Gasteiger partial charge in [0.15, 0.2) is 11.2 Å². The van der Waals surface area contributed by atoms with Gasteiger partial charge in [-0.25, -0.2) is 4.79 Å². The van der Waals surface area contributed by atoms with E-state index in [1.165, 1.54) is 12.0 Å². The highest BCUT2D eigenvalue weighted by Gasteiger charge is 2.50. The molecular formula is C13H19N3O4. The van der Waals surface area contributed by atoms with E-state index >= 15 is 0 Å². The number of carbonyl (C=O) groups is 2. The Hall–Kier alpha value is -1.89. The zero-order chi connectivity index (χ0) is 14.9. The third-order valence-electron chi connectivity index (χ3n) is 3.85. The minimum absolute atomic E-state index is 0.0140. The molecule has 1 N–H and O–H groups in total. The van der Waals surface area contributed by atoms with Crippen LogP contribution in [0.2, 0.25) is 0 Å². The molecule has 1 atom stereocenters. The lowest BCUT2D eigenvalue weighted by atomic mass is 9.97. The van der Waals surface area contributed by atoms with Crippen LogP contribution >= 0.6 is 0 Å². The predicted octanol–water partition coefficient (Wildman–Crippen LogP) is 0.434. The molecule has 110 valence electrons. The van der Waals surface area contributed by atoms with E-state index in [1.54, 1.807) is 17.8 Å². The normalized spacial score (nSPS) is 22.2. The molecule has 7 heteroatoms. The molecule has 0 saturated carbocycles. The van der Waals surface area contributed by atoms with Gasteiger partial charge in [-0.05, 0) is 25.8 Å². The van der Waals surface area contributed by atoms with Crippen molar-refractivity contribution in [2.75, 3.05) is 20.3 Å². The Morgan fingerprint density at radius 1 is 1.55 bits per heavy atom. The molecule has 0 aliphatic carbocycles. The monoisotopic (exact) mass is 281 g/mol. The van der Waals surface area contributed by atoms with Crippen LogP contribution in [0.15, 0.2) is 6.07 Å². The van der Waals surface area contributed by atoms with Crippen molar-refractivity contribution in [2.24, 2.45) is 7.05 Å². The van der Waals surface area contributed by atoms with Crippen molar-refractivity contribution in [3.05, 3.63) is 17.5 Å². The van der Waals surface area contributed by atoms with Gasteiger partial charge in [0.1, 0.15) is 0 Å². The fraction of sp³-hybridized carbons (Fsp3) is 0.615. The maximum atomic E-state index is 12.5. The number of methoxy groups -OCH3 is 1. The summed E-state index contributed by atoms with van der Waals surface area (Å²) in [6.45, 7) is 2.23. The van der Waals surface area contributed by atoms with Crippen LogP contribution in [-0.2, 0) is 16.6 Å². The summed E-state index contributed by atoms with van der Waals surface area (Å²) in [4.78, 5) is 25.5. The summed E-state index contributed by atoms with van der Waals surface area (Å²) in [7, 11) is 3.19. The molecule has 1 aromatic heterocycles. The Kier molecular flexibility index (Phi) is 3.80. The number of carboxylic acids is 1. The topological polar surface area (TPSA) is 84.7 Å². The number of amides is 1. The van der Waals surface area contributed by atoms with E-state index in [1.807, 2.05) is 6.92 Å². The van der Waals surface area contributed by atoms with Gasteiger partial charge in [0.05, 0.1) is 6.61 Å². The molecule has 2 heterocycles. The third kappa shape index (κ3) is 2.18. The van der Waals surface area contributed by atoms with Gasteiger partial charge in [0, 0.05) is 26.4 Å². The molecule has 0 aromatic carbocycles. The number of hydrogen-bond donors (Lipinski definition) is 1. The number of aliphatic carboxylic acids is 1. The highest BCUT2D eigenvalue weighted by atomic mass is 16.5. The molecule has 20 heavy (non-hydrogen) atoms. The number of carboxylic acid groups (broad SMARTS) is 1. The minimum atomic E-state index is -1.28. The Morgan fingerprint density at radius 3 is 2.75 bits per heavy atom. The van der Waals surface area contributed by atoms with E-state index in [9.17, 15) is 14.7 Å². The minimum Gasteiger partial charge on any atom is -0.479 e. The molecule has 0 bridgehead atoms. The Morgan fingerprint density at radius 2 is 2.25 bits per heavy atom. The van der Waals surface area contributed by atoms with Crippen LogP contribution in [-0.4, -0.2) is 57.5 Å². The van der Waals surface area contributed by atoms with Crippen molar-refractivity contribution in [3.63, 3.8) is 0 Å². The first-order valence-electron chi connectivity index (χ1n) is 6.47. The Bertz CT molecular complexity index is 520. The van der Waals surface area contributed by atoms with Gasteiger partial charge in [-0.15, -0.1) is 0 Å². The fourth-order valence-corrected chi connectivity index (χ4v) is 2.65. The van der Waals surface area contributed by atoms with Crippen LogP contribution in [0.4, 0.5) is 0 Å². The van der Waals surface area contributed by atoms with Crippen molar-refractivity contribution < 1.29 is 19.4 Å². The summed E-state index contributed by atoms with van der Waals surface area (Å²) < 4.78 is 6.63. The number of ether oxygens (including phenoxy) is 1. The van der Waals surface area contributed by atoms with E-state index in [0.29, 0.717) is 19.4 Å².